The Bertz CT molecular complexity index is 584. The molecule has 1 heterocycles. The van der Waals surface area contributed by atoms with E-state index in [0.717, 1.165) is 0 Å². The molecule has 7 heteroatoms. The Balaban J connectivity index is 2.22. The smallest absolute Gasteiger partial charge is 0.246 e. The molecule has 0 bridgehead atoms. The Kier molecular flexibility index (Phi) is 4.84. The molecule has 0 amide bonds. The Morgan fingerprint density at radius 1 is 1.40 bits per heavy atom. The van der Waals surface area contributed by atoms with E-state index in [1.807, 2.05) is 6.92 Å². The van der Waals surface area contributed by atoms with E-state index >= 15 is 0 Å². The Hall–Kier alpha value is -0.500. The van der Waals surface area contributed by atoms with Crippen LogP contribution in [0.3, 0.4) is 0 Å². The zero-order valence-electron chi connectivity index (χ0n) is 11.2. The standard InChI is InChI=1S/C13H18BrFN2O2S/c1-9(16)10-5-7-17(8-6-10)20(18,19)12-4-2-3-11(14)13(12)15/h2-4,9-10H,5-8,16H2,1H3. The van der Waals surface area contributed by atoms with Crippen LogP contribution in [-0.4, -0.2) is 31.9 Å². The van der Waals surface area contributed by atoms with Crippen molar-refractivity contribution >= 4 is 26.0 Å². The molecule has 1 aliphatic heterocycles. The van der Waals surface area contributed by atoms with E-state index in [4.69, 9.17) is 5.73 Å². The number of nitrogens with two attached hydrogens (primary N) is 1. The first-order valence-electron chi connectivity index (χ1n) is 6.53. The van der Waals surface area contributed by atoms with Gasteiger partial charge < -0.3 is 5.73 Å². The number of rotatable bonds is 3. The Morgan fingerprint density at radius 2 is 2.00 bits per heavy atom. The third kappa shape index (κ3) is 3.05. The highest BCUT2D eigenvalue weighted by Gasteiger charge is 2.32. The van der Waals surface area contributed by atoms with Gasteiger partial charge >= 0.3 is 0 Å². The van der Waals surface area contributed by atoms with Gasteiger partial charge in [0.05, 0.1) is 4.47 Å². The monoisotopic (exact) mass is 364 g/mol. The summed E-state index contributed by atoms with van der Waals surface area (Å²) < 4.78 is 40.4. The highest BCUT2D eigenvalue weighted by Crippen LogP contribution is 2.28. The van der Waals surface area contributed by atoms with Gasteiger partial charge in [0.15, 0.2) is 5.82 Å². The molecule has 1 aliphatic rings. The van der Waals surface area contributed by atoms with Gasteiger partial charge in [0.1, 0.15) is 4.90 Å². The Labute approximate surface area is 127 Å². The van der Waals surface area contributed by atoms with Gasteiger partial charge in [-0.3, -0.25) is 0 Å². The predicted octanol–water partition coefficient (Wildman–Crippen LogP) is 2.34. The van der Waals surface area contributed by atoms with Crippen molar-refractivity contribution in [3.63, 3.8) is 0 Å². The fourth-order valence-electron chi connectivity index (χ4n) is 2.46. The molecule has 112 valence electrons. The van der Waals surface area contributed by atoms with Gasteiger partial charge in [-0.15, -0.1) is 0 Å². The maximum atomic E-state index is 14.0. The van der Waals surface area contributed by atoms with E-state index in [0.29, 0.717) is 31.8 Å². The summed E-state index contributed by atoms with van der Waals surface area (Å²) in [6.07, 6.45) is 1.43. The van der Waals surface area contributed by atoms with Crippen LogP contribution < -0.4 is 5.73 Å². The van der Waals surface area contributed by atoms with Gasteiger partial charge in [0, 0.05) is 19.1 Å². The molecule has 1 saturated heterocycles. The van der Waals surface area contributed by atoms with E-state index in [-0.39, 0.29) is 15.4 Å². The molecule has 0 aromatic heterocycles. The number of hydrogen-bond donors (Lipinski definition) is 1. The summed E-state index contributed by atoms with van der Waals surface area (Å²) in [7, 11) is -3.78. The van der Waals surface area contributed by atoms with Crippen LogP contribution in [0.5, 0.6) is 0 Å². The summed E-state index contributed by atoms with van der Waals surface area (Å²) in [6, 6.07) is 4.36. The zero-order chi connectivity index (χ0) is 14.9. The van der Waals surface area contributed by atoms with Crippen LogP contribution in [0.15, 0.2) is 27.6 Å². The first-order valence-corrected chi connectivity index (χ1v) is 8.77. The number of benzene rings is 1. The molecule has 2 N–H and O–H groups in total. The molecule has 0 aliphatic carbocycles. The van der Waals surface area contributed by atoms with Crippen LogP contribution in [0.25, 0.3) is 0 Å². The molecule has 1 fully saturated rings. The topological polar surface area (TPSA) is 63.4 Å². The minimum Gasteiger partial charge on any atom is -0.328 e. The molecule has 0 saturated carbocycles. The number of sulfonamides is 1. The van der Waals surface area contributed by atoms with Crippen molar-refractivity contribution in [2.24, 2.45) is 11.7 Å². The zero-order valence-corrected chi connectivity index (χ0v) is 13.6. The van der Waals surface area contributed by atoms with Gasteiger partial charge in [0.2, 0.25) is 10.0 Å². The van der Waals surface area contributed by atoms with Crippen molar-refractivity contribution in [1.82, 2.24) is 4.31 Å². The maximum Gasteiger partial charge on any atom is 0.246 e. The molecular formula is C13H18BrFN2O2S. The number of piperidine rings is 1. The quantitative estimate of drug-likeness (QED) is 0.894. The number of halogens is 2. The van der Waals surface area contributed by atoms with Crippen molar-refractivity contribution in [3.8, 4) is 0 Å². The highest BCUT2D eigenvalue weighted by molar-refractivity contribution is 9.10. The van der Waals surface area contributed by atoms with Crippen molar-refractivity contribution in [2.75, 3.05) is 13.1 Å². The summed E-state index contributed by atoms with van der Waals surface area (Å²) >= 11 is 3.02. The molecule has 2 rings (SSSR count). The lowest BCUT2D eigenvalue weighted by Crippen LogP contribution is -2.42. The fourth-order valence-corrected chi connectivity index (χ4v) is 4.52. The van der Waals surface area contributed by atoms with Crippen LogP contribution in [0.1, 0.15) is 19.8 Å². The molecule has 0 spiro atoms. The summed E-state index contributed by atoms with van der Waals surface area (Å²) in [4.78, 5) is -0.272. The van der Waals surface area contributed by atoms with Crippen LogP contribution in [0, 0.1) is 11.7 Å². The summed E-state index contributed by atoms with van der Waals surface area (Å²) in [5, 5.41) is 0. The first-order chi connectivity index (χ1) is 9.34. The minimum atomic E-state index is -3.78. The summed E-state index contributed by atoms with van der Waals surface area (Å²) in [5.74, 6) is -0.407. The van der Waals surface area contributed by atoms with E-state index < -0.39 is 15.8 Å². The van der Waals surface area contributed by atoms with E-state index in [1.54, 1.807) is 0 Å². The average Bonchev–Trinajstić information content (AvgIpc) is 2.41. The molecule has 4 nitrogen and oxygen atoms in total. The minimum absolute atomic E-state index is 0.0578. The third-order valence-corrected chi connectivity index (χ3v) is 6.30. The lowest BCUT2D eigenvalue weighted by Gasteiger charge is -2.33. The van der Waals surface area contributed by atoms with Crippen LogP contribution in [-0.2, 0) is 10.0 Å². The second-order valence-electron chi connectivity index (χ2n) is 5.15. The SMILES string of the molecule is CC(N)C1CCN(S(=O)(=O)c2cccc(Br)c2F)CC1. The van der Waals surface area contributed by atoms with Gasteiger partial charge in [-0.1, -0.05) is 6.07 Å². The third-order valence-electron chi connectivity index (χ3n) is 3.78. The molecule has 1 unspecified atom stereocenters. The average molecular weight is 365 g/mol. The van der Waals surface area contributed by atoms with E-state index in [1.165, 1.54) is 22.5 Å². The van der Waals surface area contributed by atoms with Crippen LogP contribution in [0.2, 0.25) is 0 Å². The molecular weight excluding hydrogens is 347 g/mol. The van der Waals surface area contributed by atoms with Crippen molar-refractivity contribution in [2.45, 2.75) is 30.7 Å². The number of hydrogen-bond acceptors (Lipinski definition) is 3. The normalized spacial score (nSPS) is 20.0. The number of nitrogens with zero attached hydrogens (tertiary/aromatic N) is 1. The van der Waals surface area contributed by atoms with Crippen LogP contribution in [0.4, 0.5) is 4.39 Å². The lowest BCUT2D eigenvalue weighted by molar-refractivity contribution is 0.250. The van der Waals surface area contributed by atoms with E-state index in [2.05, 4.69) is 15.9 Å². The molecule has 1 aromatic carbocycles. The molecule has 1 atom stereocenters. The van der Waals surface area contributed by atoms with Gasteiger partial charge in [-0.05, 0) is 53.7 Å². The first kappa shape index (κ1) is 15.9. The second-order valence-corrected chi connectivity index (χ2v) is 7.91. The second kappa shape index (κ2) is 6.09. The van der Waals surface area contributed by atoms with E-state index in [9.17, 15) is 12.8 Å². The van der Waals surface area contributed by atoms with Crippen molar-refractivity contribution in [1.29, 1.82) is 0 Å². The van der Waals surface area contributed by atoms with Crippen LogP contribution >= 0.6 is 15.9 Å². The molecule has 1 aromatic rings. The Morgan fingerprint density at radius 3 is 2.55 bits per heavy atom. The lowest BCUT2D eigenvalue weighted by atomic mass is 9.92. The van der Waals surface area contributed by atoms with Gasteiger partial charge in [-0.2, -0.15) is 4.31 Å². The predicted molar refractivity (Wildman–Crippen MR) is 79.2 cm³/mol. The molecule has 0 radical (unpaired) electrons. The van der Waals surface area contributed by atoms with Gasteiger partial charge in [0.25, 0.3) is 0 Å². The molecule has 20 heavy (non-hydrogen) atoms. The van der Waals surface area contributed by atoms with Crippen molar-refractivity contribution in [3.05, 3.63) is 28.5 Å². The fraction of sp³-hybridized carbons (Fsp3) is 0.538. The summed E-state index contributed by atoms with van der Waals surface area (Å²) in [5.41, 5.74) is 5.84. The maximum absolute atomic E-state index is 14.0. The largest absolute Gasteiger partial charge is 0.328 e. The summed E-state index contributed by atoms with van der Waals surface area (Å²) in [6.45, 7) is 2.71. The van der Waals surface area contributed by atoms with Crippen molar-refractivity contribution < 1.29 is 12.8 Å². The van der Waals surface area contributed by atoms with Gasteiger partial charge in [-0.25, -0.2) is 12.8 Å². The highest BCUT2D eigenvalue weighted by atomic mass is 79.9.